The zero-order valence-electron chi connectivity index (χ0n) is 11.3. The Morgan fingerprint density at radius 3 is 3.10 bits per heavy atom. The molecule has 0 aliphatic carbocycles. The largest absolute Gasteiger partial charge is 0.378 e. The van der Waals surface area contributed by atoms with Gasteiger partial charge in [-0.25, -0.2) is 9.87 Å². The van der Waals surface area contributed by atoms with Crippen LogP contribution in [0.1, 0.15) is 28.4 Å². The van der Waals surface area contributed by atoms with Gasteiger partial charge >= 0.3 is 0 Å². The summed E-state index contributed by atoms with van der Waals surface area (Å²) in [5, 5.41) is 8.66. The monoisotopic (exact) mass is 280 g/mol. The number of rotatable bonds is 1. The van der Waals surface area contributed by atoms with Crippen molar-refractivity contribution in [2.45, 2.75) is 25.4 Å². The summed E-state index contributed by atoms with van der Waals surface area (Å²) in [6.07, 6.45) is 0.565. The summed E-state index contributed by atoms with van der Waals surface area (Å²) in [7, 11) is 0. The van der Waals surface area contributed by atoms with Gasteiger partial charge in [-0.1, -0.05) is 0 Å². The van der Waals surface area contributed by atoms with Gasteiger partial charge in [-0.3, -0.25) is 14.9 Å². The van der Waals surface area contributed by atoms with Crippen molar-refractivity contribution in [1.29, 1.82) is 0 Å². The van der Waals surface area contributed by atoms with Gasteiger partial charge in [-0.05, 0) is 36.6 Å². The Hall–Kier alpha value is -1.50. The average molecular weight is 280 g/mol. The number of carbonyl (C=O) groups excluding carboxylic acids is 1. The Morgan fingerprint density at radius 2 is 2.35 bits per heavy atom. The molecule has 1 amide bonds. The minimum absolute atomic E-state index is 0.139. The Morgan fingerprint density at radius 1 is 1.55 bits per heavy atom. The summed E-state index contributed by atoms with van der Waals surface area (Å²) in [6.45, 7) is 4.73. The van der Waals surface area contributed by atoms with E-state index in [1.165, 1.54) is 11.5 Å². The highest BCUT2D eigenvalue weighted by molar-refractivity contribution is 5.93. The van der Waals surface area contributed by atoms with Crippen LogP contribution >= 0.6 is 0 Å². The van der Waals surface area contributed by atoms with Gasteiger partial charge in [0.1, 0.15) is 5.82 Å². The van der Waals surface area contributed by atoms with Gasteiger partial charge in [-0.15, -0.1) is 0 Å². The van der Waals surface area contributed by atoms with Crippen molar-refractivity contribution in [3.8, 4) is 0 Å². The molecule has 0 unspecified atom stereocenters. The third kappa shape index (κ3) is 2.09. The number of fused-ring (bicyclic) bond motifs is 2. The second-order valence-electron chi connectivity index (χ2n) is 5.68. The Labute approximate surface area is 116 Å². The molecule has 2 aliphatic heterocycles. The number of amides is 1. The van der Waals surface area contributed by atoms with Crippen LogP contribution < -0.4 is 5.48 Å². The normalized spacial score (nSPS) is 25.8. The summed E-state index contributed by atoms with van der Waals surface area (Å²) < 4.78 is 19.8. The van der Waals surface area contributed by atoms with Crippen LogP contribution in [-0.2, 0) is 17.7 Å². The number of nitrogens with one attached hydrogen (secondary N) is 1. The molecule has 0 saturated carbocycles. The van der Waals surface area contributed by atoms with Crippen molar-refractivity contribution in [2.24, 2.45) is 0 Å². The number of nitrogens with zero attached hydrogens (tertiary/aromatic N) is 1. The molecule has 5 nitrogen and oxygen atoms in total. The molecule has 3 rings (SSSR count). The second kappa shape index (κ2) is 4.80. The highest BCUT2D eigenvalue weighted by atomic mass is 19.1. The van der Waals surface area contributed by atoms with Crippen LogP contribution in [-0.4, -0.2) is 41.3 Å². The van der Waals surface area contributed by atoms with E-state index in [-0.39, 0.29) is 11.1 Å². The van der Waals surface area contributed by atoms with Crippen LogP contribution in [0.3, 0.4) is 0 Å². The maximum absolute atomic E-state index is 14.2. The van der Waals surface area contributed by atoms with E-state index in [0.717, 1.165) is 12.1 Å². The number of benzene rings is 1. The number of halogens is 1. The highest BCUT2D eigenvalue weighted by Crippen LogP contribution is 2.34. The van der Waals surface area contributed by atoms with E-state index < -0.39 is 11.7 Å². The van der Waals surface area contributed by atoms with Gasteiger partial charge in [0.05, 0.1) is 13.2 Å². The third-order valence-corrected chi connectivity index (χ3v) is 4.25. The number of carbonyl (C=O) groups is 1. The van der Waals surface area contributed by atoms with Gasteiger partial charge < -0.3 is 4.74 Å². The van der Waals surface area contributed by atoms with Crippen LogP contribution in [0.2, 0.25) is 0 Å². The Bertz CT molecular complexity index is 564. The van der Waals surface area contributed by atoms with Crippen LogP contribution in [0.5, 0.6) is 0 Å². The van der Waals surface area contributed by atoms with Gasteiger partial charge in [0.25, 0.3) is 5.91 Å². The fraction of sp³-hybridized carbons (Fsp3) is 0.500. The molecule has 2 aliphatic rings. The molecule has 0 bridgehead atoms. The predicted molar refractivity (Wildman–Crippen MR) is 69.0 cm³/mol. The fourth-order valence-electron chi connectivity index (χ4n) is 3.08. The molecule has 2 heterocycles. The first-order chi connectivity index (χ1) is 9.53. The lowest BCUT2D eigenvalue weighted by atomic mass is 9.83. The first-order valence-corrected chi connectivity index (χ1v) is 6.62. The van der Waals surface area contributed by atoms with E-state index in [2.05, 4.69) is 11.8 Å². The lowest BCUT2D eigenvalue weighted by molar-refractivity contribution is -0.0704. The van der Waals surface area contributed by atoms with Crippen LogP contribution in [0, 0.1) is 5.82 Å². The molecule has 1 aromatic rings. The first kappa shape index (κ1) is 13.5. The smallest absolute Gasteiger partial charge is 0.274 e. The number of ether oxygens (including phenoxy) is 1. The molecule has 2 N–H and O–H groups in total. The molecule has 1 saturated heterocycles. The topological polar surface area (TPSA) is 61.8 Å². The van der Waals surface area contributed by atoms with Crippen LogP contribution in [0.4, 0.5) is 4.39 Å². The molecule has 6 heteroatoms. The van der Waals surface area contributed by atoms with Crippen molar-refractivity contribution in [1.82, 2.24) is 10.4 Å². The molecule has 0 aromatic heterocycles. The van der Waals surface area contributed by atoms with Gasteiger partial charge in [0.15, 0.2) is 0 Å². The molecule has 1 aromatic carbocycles. The summed E-state index contributed by atoms with van der Waals surface area (Å²) in [6, 6.07) is 2.83. The predicted octanol–water partition coefficient (Wildman–Crippen LogP) is 1.09. The molecule has 1 fully saturated rings. The summed E-state index contributed by atoms with van der Waals surface area (Å²) >= 11 is 0. The van der Waals surface area contributed by atoms with Gasteiger partial charge in [0, 0.05) is 24.2 Å². The molecule has 108 valence electrons. The van der Waals surface area contributed by atoms with E-state index in [9.17, 15) is 9.18 Å². The van der Waals surface area contributed by atoms with Crippen molar-refractivity contribution < 1.29 is 19.1 Å². The minimum Gasteiger partial charge on any atom is -0.378 e. The molecule has 0 spiro atoms. The van der Waals surface area contributed by atoms with E-state index in [1.54, 1.807) is 6.07 Å². The van der Waals surface area contributed by atoms with Crippen molar-refractivity contribution in [2.75, 3.05) is 19.8 Å². The second-order valence-corrected chi connectivity index (χ2v) is 5.68. The highest BCUT2D eigenvalue weighted by Gasteiger charge is 2.40. The fourth-order valence-corrected chi connectivity index (χ4v) is 3.08. The lowest BCUT2D eigenvalue weighted by Gasteiger charge is -2.48. The average Bonchev–Trinajstić information content (AvgIpc) is 2.44. The quantitative estimate of drug-likeness (QED) is 0.597. The van der Waals surface area contributed by atoms with Crippen molar-refractivity contribution >= 4 is 5.91 Å². The SMILES string of the molecule is C[C@@]12COCCN1Cc1cc(C(=O)NO)cc(F)c1C2. The van der Waals surface area contributed by atoms with E-state index in [4.69, 9.17) is 9.94 Å². The Balaban J connectivity index is 2.01. The maximum Gasteiger partial charge on any atom is 0.274 e. The maximum atomic E-state index is 14.2. The zero-order chi connectivity index (χ0) is 14.3. The van der Waals surface area contributed by atoms with Crippen molar-refractivity contribution in [3.05, 3.63) is 34.6 Å². The number of morpholine rings is 1. The van der Waals surface area contributed by atoms with Crippen LogP contribution in [0.15, 0.2) is 12.1 Å². The molecular weight excluding hydrogens is 263 g/mol. The molecular formula is C14H17FN2O3. The standard InChI is InChI=1S/C14H17FN2O3/c1-14-6-11-10(7-17(14)2-3-20-8-14)4-9(5-12(11)15)13(18)16-19/h4-5,19H,2-3,6-8H2,1H3,(H,16,18)/t14-/m1/s1. The first-order valence-electron chi connectivity index (χ1n) is 6.62. The minimum atomic E-state index is -0.693. The summed E-state index contributed by atoms with van der Waals surface area (Å²) in [5.74, 6) is -1.09. The molecule has 1 atom stereocenters. The van der Waals surface area contributed by atoms with E-state index >= 15 is 0 Å². The van der Waals surface area contributed by atoms with E-state index in [0.29, 0.717) is 31.7 Å². The van der Waals surface area contributed by atoms with E-state index in [1.807, 2.05) is 0 Å². The van der Waals surface area contributed by atoms with Crippen molar-refractivity contribution in [3.63, 3.8) is 0 Å². The molecule has 0 radical (unpaired) electrons. The summed E-state index contributed by atoms with van der Waals surface area (Å²) in [4.78, 5) is 13.7. The number of hydrogen-bond acceptors (Lipinski definition) is 4. The number of hydroxylamine groups is 1. The Kier molecular flexibility index (Phi) is 3.24. The zero-order valence-corrected chi connectivity index (χ0v) is 11.3. The van der Waals surface area contributed by atoms with Crippen LogP contribution in [0.25, 0.3) is 0 Å². The third-order valence-electron chi connectivity index (χ3n) is 4.25. The van der Waals surface area contributed by atoms with Gasteiger partial charge in [0.2, 0.25) is 0 Å². The number of hydrogen-bond donors (Lipinski definition) is 2. The molecule has 20 heavy (non-hydrogen) atoms. The van der Waals surface area contributed by atoms with Gasteiger partial charge in [-0.2, -0.15) is 0 Å². The lowest BCUT2D eigenvalue weighted by Crippen LogP contribution is -2.58. The summed E-state index contributed by atoms with van der Waals surface area (Å²) in [5.41, 5.74) is 2.94.